The third-order valence-electron chi connectivity index (χ3n) is 2.87. The SMILES string of the molecule is CCc1nnc(C)n1Cc1ccc(C(=O)O)cc1. The number of hydrogen-bond acceptors (Lipinski definition) is 3. The van der Waals surface area contributed by atoms with Crippen LogP contribution in [0.2, 0.25) is 0 Å². The van der Waals surface area contributed by atoms with Gasteiger partial charge in [-0.1, -0.05) is 19.1 Å². The van der Waals surface area contributed by atoms with Crippen molar-refractivity contribution in [3.8, 4) is 0 Å². The molecule has 0 unspecified atom stereocenters. The molecule has 0 aliphatic rings. The second-order valence-corrected chi connectivity index (χ2v) is 4.11. The Balaban J connectivity index is 2.23. The third kappa shape index (κ3) is 2.40. The number of carboxylic acids is 1. The van der Waals surface area contributed by atoms with Gasteiger partial charge in [-0.2, -0.15) is 0 Å². The molecule has 0 radical (unpaired) electrons. The predicted molar refractivity (Wildman–Crippen MR) is 66.6 cm³/mol. The van der Waals surface area contributed by atoms with Crippen molar-refractivity contribution in [2.45, 2.75) is 26.8 Å². The Morgan fingerprint density at radius 3 is 2.50 bits per heavy atom. The molecule has 0 spiro atoms. The summed E-state index contributed by atoms with van der Waals surface area (Å²) in [5.41, 5.74) is 1.34. The highest BCUT2D eigenvalue weighted by Gasteiger charge is 2.08. The fraction of sp³-hybridized carbons (Fsp3) is 0.308. The van der Waals surface area contributed by atoms with Gasteiger partial charge in [-0.05, 0) is 24.6 Å². The molecule has 0 bridgehead atoms. The summed E-state index contributed by atoms with van der Waals surface area (Å²) in [6, 6.07) is 6.87. The molecule has 1 N–H and O–H groups in total. The fourth-order valence-corrected chi connectivity index (χ4v) is 1.83. The van der Waals surface area contributed by atoms with E-state index in [1.54, 1.807) is 12.1 Å². The van der Waals surface area contributed by atoms with E-state index in [0.717, 1.165) is 23.6 Å². The Kier molecular flexibility index (Phi) is 3.41. The number of hydrogen-bond donors (Lipinski definition) is 1. The lowest BCUT2D eigenvalue weighted by molar-refractivity contribution is 0.0697. The molecule has 94 valence electrons. The van der Waals surface area contributed by atoms with Crippen molar-refractivity contribution in [2.75, 3.05) is 0 Å². The van der Waals surface area contributed by atoms with Crippen LogP contribution < -0.4 is 0 Å². The molecule has 2 aromatic rings. The Hall–Kier alpha value is -2.17. The minimum atomic E-state index is -0.906. The number of rotatable bonds is 4. The lowest BCUT2D eigenvalue weighted by Gasteiger charge is -2.07. The van der Waals surface area contributed by atoms with E-state index in [1.807, 2.05) is 30.5 Å². The van der Waals surface area contributed by atoms with E-state index in [-0.39, 0.29) is 0 Å². The highest BCUT2D eigenvalue weighted by atomic mass is 16.4. The molecule has 0 aliphatic carbocycles. The van der Waals surface area contributed by atoms with Crippen LogP contribution in [-0.2, 0) is 13.0 Å². The second kappa shape index (κ2) is 5.00. The number of carbonyl (C=O) groups is 1. The third-order valence-corrected chi connectivity index (χ3v) is 2.87. The molecule has 1 aromatic carbocycles. The molecule has 5 nitrogen and oxygen atoms in total. The summed E-state index contributed by atoms with van der Waals surface area (Å²) < 4.78 is 2.04. The van der Waals surface area contributed by atoms with Crippen molar-refractivity contribution in [3.05, 3.63) is 47.0 Å². The van der Waals surface area contributed by atoms with E-state index in [0.29, 0.717) is 12.1 Å². The first-order chi connectivity index (χ1) is 8.61. The quantitative estimate of drug-likeness (QED) is 0.893. The molecular formula is C13H15N3O2. The van der Waals surface area contributed by atoms with Gasteiger partial charge in [0.1, 0.15) is 11.6 Å². The largest absolute Gasteiger partial charge is 0.478 e. The van der Waals surface area contributed by atoms with Gasteiger partial charge in [-0.25, -0.2) is 4.79 Å². The summed E-state index contributed by atoms with van der Waals surface area (Å²) in [5.74, 6) is 0.903. The van der Waals surface area contributed by atoms with E-state index >= 15 is 0 Å². The number of benzene rings is 1. The summed E-state index contributed by atoms with van der Waals surface area (Å²) >= 11 is 0. The van der Waals surface area contributed by atoms with Crippen LogP contribution in [-0.4, -0.2) is 25.8 Å². The van der Waals surface area contributed by atoms with Gasteiger partial charge in [0.25, 0.3) is 0 Å². The Labute approximate surface area is 105 Å². The molecule has 0 saturated carbocycles. The standard InChI is InChI=1S/C13H15N3O2/c1-3-12-15-14-9(2)16(12)8-10-4-6-11(7-5-10)13(17)18/h4-7H,3,8H2,1-2H3,(H,17,18). The van der Waals surface area contributed by atoms with Gasteiger partial charge in [0.05, 0.1) is 12.1 Å². The summed E-state index contributed by atoms with van der Waals surface area (Å²) in [4.78, 5) is 10.8. The zero-order chi connectivity index (χ0) is 13.1. The average molecular weight is 245 g/mol. The smallest absolute Gasteiger partial charge is 0.335 e. The van der Waals surface area contributed by atoms with Crippen LogP contribution in [0.4, 0.5) is 0 Å². The molecule has 0 aliphatic heterocycles. The molecule has 1 aromatic heterocycles. The molecule has 0 fully saturated rings. The van der Waals surface area contributed by atoms with Gasteiger partial charge >= 0.3 is 5.97 Å². The summed E-state index contributed by atoms with van der Waals surface area (Å²) in [6.07, 6.45) is 0.827. The van der Waals surface area contributed by atoms with E-state index in [1.165, 1.54) is 0 Å². The van der Waals surface area contributed by atoms with E-state index in [9.17, 15) is 4.79 Å². The van der Waals surface area contributed by atoms with Crippen molar-refractivity contribution in [1.82, 2.24) is 14.8 Å². The van der Waals surface area contributed by atoms with E-state index in [2.05, 4.69) is 10.2 Å². The van der Waals surface area contributed by atoms with Crippen LogP contribution >= 0.6 is 0 Å². The van der Waals surface area contributed by atoms with Crippen LogP contribution in [0.1, 0.15) is 34.5 Å². The van der Waals surface area contributed by atoms with Gasteiger partial charge in [-0.15, -0.1) is 10.2 Å². The van der Waals surface area contributed by atoms with Crippen LogP contribution in [0.25, 0.3) is 0 Å². The van der Waals surface area contributed by atoms with Crippen molar-refractivity contribution >= 4 is 5.97 Å². The summed E-state index contributed by atoms with van der Waals surface area (Å²) in [6.45, 7) is 4.62. The number of carboxylic acid groups (broad SMARTS) is 1. The minimum absolute atomic E-state index is 0.301. The monoisotopic (exact) mass is 245 g/mol. The summed E-state index contributed by atoms with van der Waals surface area (Å²) in [7, 11) is 0. The molecule has 0 atom stereocenters. The second-order valence-electron chi connectivity index (χ2n) is 4.11. The Bertz CT molecular complexity index is 558. The molecular weight excluding hydrogens is 230 g/mol. The number of aromatic carboxylic acids is 1. The van der Waals surface area contributed by atoms with Gasteiger partial charge in [0, 0.05) is 6.42 Å². The topological polar surface area (TPSA) is 68.0 Å². The van der Waals surface area contributed by atoms with Crippen LogP contribution in [0, 0.1) is 6.92 Å². The number of aromatic nitrogens is 3. The highest BCUT2D eigenvalue weighted by Crippen LogP contribution is 2.10. The first-order valence-corrected chi connectivity index (χ1v) is 5.82. The van der Waals surface area contributed by atoms with Gasteiger partial charge < -0.3 is 9.67 Å². The normalized spacial score (nSPS) is 10.6. The first kappa shape index (κ1) is 12.3. The van der Waals surface area contributed by atoms with Crippen molar-refractivity contribution in [1.29, 1.82) is 0 Å². The maximum absolute atomic E-state index is 10.8. The minimum Gasteiger partial charge on any atom is -0.478 e. The molecule has 0 amide bonds. The maximum Gasteiger partial charge on any atom is 0.335 e. The Morgan fingerprint density at radius 1 is 1.28 bits per heavy atom. The number of nitrogens with zero attached hydrogens (tertiary/aromatic N) is 3. The van der Waals surface area contributed by atoms with Crippen LogP contribution in [0.3, 0.4) is 0 Å². The van der Waals surface area contributed by atoms with E-state index in [4.69, 9.17) is 5.11 Å². The predicted octanol–water partition coefficient (Wildman–Crippen LogP) is 1.90. The van der Waals surface area contributed by atoms with E-state index < -0.39 is 5.97 Å². The fourth-order valence-electron chi connectivity index (χ4n) is 1.83. The lowest BCUT2D eigenvalue weighted by Crippen LogP contribution is -2.06. The van der Waals surface area contributed by atoms with Gasteiger partial charge in [0.15, 0.2) is 0 Å². The average Bonchev–Trinajstić information content (AvgIpc) is 2.71. The van der Waals surface area contributed by atoms with Crippen molar-refractivity contribution in [3.63, 3.8) is 0 Å². The zero-order valence-corrected chi connectivity index (χ0v) is 10.4. The maximum atomic E-state index is 10.8. The van der Waals surface area contributed by atoms with Crippen molar-refractivity contribution in [2.24, 2.45) is 0 Å². The molecule has 5 heteroatoms. The Morgan fingerprint density at radius 2 is 1.94 bits per heavy atom. The molecule has 1 heterocycles. The molecule has 2 rings (SSSR count). The van der Waals surface area contributed by atoms with Crippen LogP contribution in [0.5, 0.6) is 0 Å². The summed E-state index contributed by atoms with van der Waals surface area (Å²) in [5, 5.41) is 17.0. The lowest BCUT2D eigenvalue weighted by atomic mass is 10.1. The zero-order valence-electron chi connectivity index (χ0n) is 10.4. The van der Waals surface area contributed by atoms with Gasteiger partial charge in [-0.3, -0.25) is 0 Å². The van der Waals surface area contributed by atoms with Crippen LogP contribution in [0.15, 0.2) is 24.3 Å². The first-order valence-electron chi connectivity index (χ1n) is 5.82. The number of aryl methyl sites for hydroxylation is 2. The molecule has 0 saturated heterocycles. The highest BCUT2D eigenvalue weighted by molar-refractivity contribution is 5.87. The van der Waals surface area contributed by atoms with Gasteiger partial charge in [0.2, 0.25) is 0 Å². The molecule has 18 heavy (non-hydrogen) atoms. The van der Waals surface area contributed by atoms with Crippen molar-refractivity contribution < 1.29 is 9.90 Å².